The zero-order chi connectivity index (χ0) is 34.0. The Labute approximate surface area is 276 Å². The number of likely N-dealkylation sites (tertiary alicyclic amines) is 2. The Kier molecular flexibility index (Phi) is 9.28. The second-order valence-corrected chi connectivity index (χ2v) is 12.4. The number of anilines is 2. The third-order valence-corrected chi connectivity index (χ3v) is 8.80. The molecule has 248 valence electrons. The highest BCUT2D eigenvalue weighted by molar-refractivity contribution is 6.04. The van der Waals surface area contributed by atoms with Gasteiger partial charge in [-0.05, 0) is 88.3 Å². The molecule has 4 aromatic rings. The van der Waals surface area contributed by atoms with Crippen LogP contribution in [0.15, 0.2) is 77.9 Å². The fraction of sp³-hybridized carbons (Fsp3) is 0.306. The molecule has 2 aromatic carbocycles. The lowest BCUT2D eigenvalue weighted by molar-refractivity contribution is 0.0968. The van der Waals surface area contributed by atoms with Crippen molar-refractivity contribution >= 4 is 17.4 Å². The number of pyridine rings is 2. The molecule has 1 amide bonds. The maximum Gasteiger partial charge on any atom is 0.267 e. The summed E-state index contributed by atoms with van der Waals surface area (Å²) in [7, 11) is 0. The normalized spacial score (nSPS) is 18.4. The molecule has 2 aliphatic rings. The van der Waals surface area contributed by atoms with Crippen LogP contribution in [0.4, 0.5) is 20.3 Å². The van der Waals surface area contributed by atoms with Gasteiger partial charge in [-0.1, -0.05) is 11.8 Å². The molecule has 12 heteroatoms. The second kappa shape index (κ2) is 13.6. The highest BCUT2D eigenvalue weighted by Gasteiger charge is 2.41. The Morgan fingerprint density at radius 2 is 1.81 bits per heavy atom. The number of aromatic nitrogens is 2. The van der Waals surface area contributed by atoms with Crippen molar-refractivity contribution < 1.29 is 23.4 Å². The van der Waals surface area contributed by atoms with E-state index in [0.717, 1.165) is 32.0 Å². The number of hydrogen-bond donors (Lipinski definition) is 3. The molecule has 4 heterocycles. The van der Waals surface area contributed by atoms with Gasteiger partial charge in [-0.25, -0.2) is 13.8 Å². The molecule has 2 fully saturated rings. The van der Waals surface area contributed by atoms with Gasteiger partial charge in [-0.15, -0.1) is 0 Å². The third kappa shape index (κ3) is 6.94. The second-order valence-electron chi connectivity index (χ2n) is 12.4. The molecule has 2 aromatic heterocycles. The first-order valence-corrected chi connectivity index (χ1v) is 15.7. The van der Waals surface area contributed by atoms with E-state index in [1.807, 2.05) is 13.8 Å². The monoisotopic (exact) mass is 654 g/mol. The maximum absolute atomic E-state index is 15.3. The van der Waals surface area contributed by atoms with Gasteiger partial charge in [0.05, 0.1) is 11.6 Å². The Morgan fingerprint density at radius 3 is 2.54 bits per heavy atom. The number of aliphatic hydroxyl groups excluding tert-OH is 1. The fourth-order valence-corrected chi connectivity index (χ4v) is 6.07. The average molecular weight is 655 g/mol. The summed E-state index contributed by atoms with van der Waals surface area (Å²) in [6.45, 7) is 7.13. The molecule has 2 unspecified atom stereocenters. The minimum atomic E-state index is -0.779. The Morgan fingerprint density at radius 1 is 1.06 bits per heavy atom. The molecule has 2 saturated heterocycles. The number of hydrogen-bond acceptors (Lipinski definition) is 8. The van der Waals surface area contributed by atoms with Crippen LogP contribution in [0.5, 0.6) is 11.5 Å². The number of amides is 1. The van der Waals surface area contributed by atoms with Crippen molar-refractivity contribution in [2.75, 3.05) is 37.2 Å². The largest absolute Gasteiger partial charge is 0.453 e. The van der Waals surface area contributed by atoms with Crippen LogP contribution in [0.2, 0.25) is 0 Å². The van der Waals surface area contributed by atoms with Gasteiger partial charge in [0.25, 0.3) is 11.5 Å². The minimum Gasteiger partial charge on any atom is -0.453 e. The van der Waals surface area contributed by atoms with Gasteiger partial charge in [-0.3, -0.25) is 24.0 Å². The van der Waals surface area contributed by atoms with E-state index in [2.05, 4.69) is 31.9 Å². The van der Waals surface area contributed by atoms with E-state index in [4.69, 9.17) is 10.5 Å². The van der Waals surface area contributed by atoms with Crippen molar-refractivity contribution in [3.05, 3.63) is 106 Å². The van der Waals surface area contributed by atoms with Crippen LogP contribution in [0.3, 0.4) is 0 Å². The molecular weight excluding hydrogens is 618 g/mol. The summed E-state index contributed by atoms with van der Waals surface area (Å²) < 4.78 is 35.8. The Hall–Kier alpha value is -5.09. The lowest BCUT2D eigenvalue weighted by Crippen LogP contribution is -2.44. The molecule has 0 bridgehead atoms. The number of aliphatic hydroxyl groups is 1. The third-order valence-electron chi connectivity index (χ3n) is 8.80. The van der Waals surface area contributed by atoms with Crippen LogP contribution in [-0.2, 0) is 0 Å². The molecule has 0 radical (unpaired) electrons. The summed E-state index contributed by atoms with van der Waals surface area (Å²) in [6, 6.07) is 13.6. The summed E-state index contributed by atoms with van der Waals surface area (Å²) in [5, 5.41) is 13.3. The molecular formula is C36H36F2N6O4. The number of rotatable bonds is 7. The number of nitrogens with two attached hydrogens (primary N) is 1. The molecule has 0 spiro atoms. The van der Waals surface area contributed by atoms with Crippen molar-refractivity contribution in [1.82, 2.24) is 19.4 Å². The summed E-state index contributed by atoms with van der Waals surface area (Å²) in [4.78, 5) is 34.7. The molecule has 10 nitrogen and oxygen atoms in total. The maximum atomic E-state index is 15.3. The van der Waals surface area contributed by atoms with Crippen molar-refractivity contribution in [3.63, 3.8) is 0 Å². The summed E-state index contributed by atoms with van der Waals surface area (Å²) in [5.41, 5.74) is 5.54. The predicted molar refractivity (Wildman–Crippen MR) is 178 cm³/mol. The number of halogens is 2. The van der Waals surface area contributed by atoms with E-state index >= 15 is 4.39 Å². The molecule has 2 atom stereocenters. The van der Waals surface area contributed by atoms with Gasteiger partial charge < -0.3 is 20.9 Å². The average Bonchev–Trinajstić information content (AvgIpc) is 3.73. The number of benzene rings is 2. The lowest BCUT2D eigenvalue weighted by atomic mass is 10.0. The van der Waals surface area contributed by atoms with Gasteiger partial charge in [0.2, 0.25) is 0 Å². The minimum absolute atomic E-state index is 0.0690. The first-order chi connectivity index (χ1) is 23.0. The lowest BCUT2D eigenvalue weighted by Gasteiger charge is -2.31. The SMILES string of the molecule is CC(C)(C#Cc1c(Oc2ccc(NC(=O)c3cccn(-c4ccc(F)cc4)c3=O)cc2F)ccnc1N)N1CC(O)C(N2CCCC2)C1. The Bertz CT molecular complexity index is 1950. The predicted octanol–water partition coefficient (Wildman–Crippen LogP) is 4.41. The van der Waals surface area contributed by atoms with Crippen LogP contribution in [-0.4, -0.2) is 74.2 Å². The number of carbonyl (C=O) groups is 1. The molecule has 6 rings (SSSR count). The van der Waals surface area contributed by atoms with Gasteiger partial charge in [-0.2, -0.15) is 0 Å². The number of nitrogens with one attached hydrogen (secondary N) is 1. The van der Waals surface area contributed by atoms with E-state index in [1.165, 1.54) is 71.6 Å². The van der Waals surface area contributed by atoms with Crippen molar-refractivity contribution in [1.29, 1.82) is 0 Å². The summed E-state index contributed by atoms with van der Waals surface area (Å²) in [5.74, 6) is 4.54. The van der Waals surface area contributed by atoms with E-state index in [9.17, 15) is 19.1 Å². The van der Waals surface area contributed by atoms with Crippen LogP contribution in [0.25, 0.3) is 5.69 Å². The van der Waals surface area contributed by atoms with E-state index in [0.29, 0.717) is 24.3 Å². The van der Waals surface area contributed by atoms with E-state index < -0.39 is 34.7 Å². The molecule has 0 saturated carbocycles. The quantitative estimate of drug-likeness (QED) is 0.251. The topological polar surface area (TPSA) is 126 Å². The van der Waals surface area contributed by atoms with Gasteiger partial charge in [0, 0.05) is 55.0 Å². The standard InChI is InChI=1S/C36H36F2N6O4/c1-36(2,43-21-29(30(45)22-43)42-17-3-4-18-42)15-13-26-31(14-16-40-33(26)39)48-32-12-9-24(20-28(32)38)41-34(46)27-6-5-19-44(35(27)47)25-10-7-23(37)8-11-25/h5-12,14,16,19-20,29-30,45H,3-4,17-18,21-22H2,1-2H3,(H2,39,40)(H,41,46). The number of β-amino-alcohol motifs (C(OH)–C–C–N with tert-alkyl or cyclic N) is 1. The number of nitrogens with zero attached hydrogens (tertiary/aromatic N) is 4. The summed E-state index contributed by atoms with van der Waals surface area (Å²) in [6.07, 6.45) is 4.72. The highest BCUT2D eigenvalue weighted by Crippen LogP contribution is 2.32. The Balaban J connectivity index is 1.17. The summed E-state index contributed by atoms with van der Waals surface area (Å²) >= 11 is 0. The number of carbonyl (C=O) groups excluding carboxylic acids is 1. The van der Waals surface area contributed by atoms with Crippen LogP contribution < -0.4 is 21.3 Å². The van der Waals surface area contributed by atoms with Crippen molar-refractivity contribution in [2.45, 2.75) is 44.4 Å². The van der Waals surface area contributed by atoms with Gasteiger partial charge >= 0.3 is 0 Å². The van der Waals surface area contributed by atoms with Crippen LogP contribution in [0.1, 0.15) is 42.6 Å². The first-order valence-electron chi connectivity index (χ1n) is 15.7. The molecule has 48 heavy (non-hydrogen) atoms. The van der Waals surface area contributed by atoms with Gasteiger partial charge in [0.15, 0.2) is 11.6 Å². The molecule has 2 aliphatic heterocycles. The highest BCUT2D eigenvalue weighted by atomic mass is 19.1. The van der Waals surface area contributed by atoms with Gasteiger partial charge in [0.1, 0.15) is 28.5 Å². The zero-order valence-electron chi connectivity index (χ0n) is 26.6. The smallest absolute Gasteiger partial charge is 0.267 e. The van der Waals surface area contributed by atoms with Crippen molar-refractivity contribution in [2.24, 2.45) is 0 Å². The fourth-order valence-electron chi connectivity index (χ4n) is 6.07. The zero-order valence-corrected chi connectivity index (χ0v) is 26.6. The van der Waals surface area contributed by atoms with Crippen LogP contribution in [0, 0.1) is 23.5 Å². The number of nitrogen functional groups attached to an aromatic ring is 1. The number of ether oxygens (including phenoxy) is 1. The van der Waals surface area contributed by atoms with E-state index in [1.54, 1.807) is 0 Å². The van der Waals surface area contributed by atoms with E-state index in [-0.39, 0.29) is 34.6 Å². The van der Waals surface area contributed by atoms with Crippen molar-refractivity contribution in [3.8, 4) is 29.0 Å². The molecule has 0 aliphatic carbocycles. The first kappa shape index (κ1) is 32.8. The van der Waals surface area contributed by atoms with Crippen LogP contribution >= 0.6 is 0 Å². The molecule has 4 N–H and O–H groups in total.